The number of hydrogen-bond acceptors (Lipinski definition) is 4. The number of thioether (sulfide) groups is 2. The monoisotopic (exact) mass is 223 g/mol. The van der Waals surface area contributed by atoms with Crippen LogP contribution < -0.4 is 5.73 Å². The Morgan fingerprint density at radius 3 is 2.62 bits per heavy atom. The van der Waals surface area contributed by atoms with Gasteiger partial charge in [-0.1, -0.05) is 6.92 Å². The second-order valence-corrected chi connectivity index (χ2v) is 5.11. The van der Waals surface area contributed by atoms with Gasteiger partial charge in [-0.3, -0.25) is 4.79 Å². The molecule has 3 nitrogen and oxygen atoms in total. The fourth-order valence-electron chi connectivity index (χ4n) is 0.689. The van der Waals surface area contributed by atoms with Gasteiger partial charge in [-0.2, -0.15) is 23.5 Å². The van der Waals surface area contributed by atoms with Crippen molar-refractivity contribution in [3.63, 3.8) is 0 Å². The van der Waals surface area contributed by atoms with Crippen molar-refractivity contribution in [3.05, 3.63) is 0 Å². The van der Waals surface area contributed by atoms with E-state index in [4.69, 9.17) is 10.8 Å². The number of carbonyl (C=O) groups is 1. The lowest BCUT2D eigenvalue weighted by Crippen LogP contribution is -2.32. The first-order valence-electron chi connectivity index (χ1n) is 4.32. The highest BCUT2D eigenvalue weighted by Crippen LogP contribution is 2.08. The predicted molar refractivity (Wildman–Crippen MR) is 60.6 cm³/mol. The van der Waals surface area contributed by atoms with E-state index in [9.17, 15) is 4.79 Å². The number of hydrogen-bond donors (Lipinski definition) is 2. The van der Waals surface area contributed by atoms with Crippen molar-refractivity contribution >= 4 is 29.5 Å². The minimum atomic E-state index is -0.907. The molecule has 5 heteroatoms. The number of nitrogens with two attached hydrogens (primary N) is 1. The topological polar surface area (TPSA) is 63.3 Å². The van der Waals surface area contributed by atoms with Gasteiger partial charge in [0.1, 0.15) is 6.04 Å². The van der Waals surface area contributed by atoms with Gasteiger partial charge in [-0.05, 0) is 23.7 Å². The van der Waals surface area contributed by atoms with E-state index in [0.717, 1.165) is 23.7 Å². The van der Waals surface area contributed by atoms with Crippen molar-refractivity contribution < 1.29 is 9.90 Å². The maximum atomic E-state index is 10.3. The van der Waals surface area contributed by atoms with Crippen LogP contribution in [0.25, 0.3) is 0 Å². The van der Waals surface area contributed by atoms with Gasteiger partial charge in [0.25, 0.3) is 0 Å². The van der Waals surface area contributed by atoms with Gasteiger partial charge in [0.15, 0.2) is 0 Å². The Labute approximate surface area is 87.8 Å². The van der Waals surface area contributed by atoms with Crippen LogP contribution in [0.5, 0.6) is 0 Å². The largest absolute Gasteiger partial charge is 0.480 e. The van der Waals surface area contributed by atoms with Crippen molar-refractivity contribution in [1.29, 1.82) is 0 Å². The fourth-order valence-corrected chi connectivity index (χ4v) is 2.42. The zero-order valence-electron chi connectivity index (χ0n) is 7.86. The molecular formula is C8H17NO2S2. The molecule has 0 aliphatic heterocycles. The van der Waals surface area contributed by atoms with Gasteiger partial charge in [0.05, 0.1) is 0 Å². The first kappa shape index (κ1) is 13.1. The van der Waals surface area contributed by atoms with Gasteiger partial charge in [-0.15, -0.1) is 0 Å². The van der Waals surface area contributed by atoms with E-state index in [1.54, 1.807) is 11.8 Å². The molecule has 0 rings (SSSR count). The molecule has 0 saturated carbocycles. The highest BCUT2D eigenvalue weighted by atomic mass is 32.2. The Hall–Kier alpha value is 0.130. The third-order valence-electron chi connectivity index (χ3n) is 1.40. The third-order valence-corrected chi connectivity index (χ3v) is 3.55. The van der Waals surface area contributed by atoms with Gasteiger partial charge in [-0.25, -0.2) is 0 Å². The summed E-state index contributed by atoms with van der Waals surface area (Å²) in [6, 6.07) is -0.705. The molecule has 0 aliphatic rings. The third kappa shape index (κ3) is 8.46. The molecule has 0 fully saturated rings. The lowest BCUT2D eigenvalue weighted by Gasteiger charge is -2.05. The van der Waals surface area contributed by atoms with E-state index in [0.29, 0.717) is 5.75 Å². The van der Waals surface area contributed by atoms with E-state index in [1.165, 1.54) is 0 Å². The molecule has 0 radical (unpaired) electrons. The predicted octanol–water partition coefficient (Wildman–Crippen LogP) is 1.27. The van der Waals surface area contributed by atoms with Crippen molar-refractivity contribution in [3.8, 4) is 0 Å². The summed E-state index contributed by atoms with van der Waals surface area (Å²) in [5, 5.41) is 8.48. The van der Waals surface area contributed by atoms with Crippen LogP contribution in [-0.2, 0) is 4.79 Å². The van der Waals surface area contributed by atoms with E-state index in [-0.39, 0.29) is 0 Å². The molecule has 1 atom stereocenters. The van der Waals surface area contributed by atoms with Crippen LogP contribution in [0, 0.1) is 0 Å². The maximum Gasteiger partial charge on any atom is 0.321 e. The van der Waals surface area contributed by atoms with E-state index < -0.39 is 12.0 Å². The van der Waals surface area contributed by atoms with Crippen LogP contribution in [0.15, 0.2) is 0 Å². The summed E-state index contributed by atoms with van der Waals surface area (Å²) in [4.78, 5) is 10.3. The Morgan fingerprint density at radius 1 is 1.46 bits per heavy atom. The van der Waals surface area contributed by atoms with Crippen molar-refractivity contribution in [2.45, 2.75) is 19.4 Å². The van der Waals surface area contributed by atoms with E-state index >= 15 is 0 Å². The Morgan fingerprint density at radius 2 is 2.08 bits per heavy atom. The molecule has 78 valence electrons. The summed E-state index contributed by atoms with van der Waals surface area (Å²) in [6.45, 7) is 2.14. The highest BCUT2D eigenvalue weighted by molar-refractivity contribution is 8.00. The highest BCUT2D eigenvalue weighted by Gasteiger charge is 2.09. The minimum Gasteiger partial charge on any atom is -0.480 e. The molecule has 0 saturated heterocycles. The lowest BCUT2D eigenvalue weighted by molar-refractivity contribution is -0.137. The zero-order valence-corrected chi connectivity index (χ0v) is 9.50. The van der Waals surface area contributed by atoms with Crippen LogP contribution in [0.3, 0.4) is 0 Å². The molecule has 0 bridgehead atoms. The fraction of sp³-hybridized carbons (Fsp3) is 0.875. The van der Waals surface area contributed by atoms with Crippen molar-refractivity contribution in [1.82, 2.24) is 0 Å². The second kappa shape index (κ2) is 8.72. The van der Waals surface area contributed by atoms with Gasteiger partial charge in [0.2, 0.25) is 0 Å². The first-order chi connectivity index (χ1) is 6.18. The Balaban J connectivity index is 3.11. The summed E-state index contributed by atoms with van der Waals surface area (Å²) in [7, 11) is 0. The number of aliphatic carboxylic acids is 1. The standard InChI is InChI=1S/C8H17NO2S2/c1-2-12-4-3-5-13-6-7(9)8(10)11/h7H,2-6,9H2,1H3,(H,10,11). The SMILES string of the molecule is CCSCCCSCC(N)C(=O)O. The molecule has 0 aromatic rings. The minimum absolute atomic E-state index is 0.520. The smallest absolute Gasteiger partial charge is 0.321 e. The summed E-state index contributed by atoms with van der Waals surface area (Å²) < 4.78 is 0. The Kier molecular flexibility index (Phi) is 8.80. The zero-order chi connectivity index (χ0) is 10.1. The van der Waals surface area contributed by atoms with Gasteiger partial charge in [0, 0.05) is 5.75 Å². The molecule has 3 N–H and O–H groups in total. The van der Waals surface area contributed by atoms with Crippen LogP contribution >= 0.6 is 23.5 Å². The molecule has 0 heterocycles. The molecule has 0 aromatic carbocycles. The molecule has 0 aromatic heterocycles. The number of rotatable bonds is 8. The lowest BCUT2D eigenvalue weighted by atomic mass is 10.4. The van der Waals surface area contributed by atoms with Gasteiger partial charge >= 0.3 is 5.97 Å². The number of carboxylic acids is 1. The molecule has 0 amide bonds. The average Bonchev–Trinajstić information content (AvgIpc) is 2.10. The molecule has 0 spiro atoms. The molecule has 1 unspecified atom stereocenters. The van der Waals surface area contributed by atoms with Crippen molar-refractivity contribution in [2.75, 3.05) is 23.0 Å². The summed E-state index contributed by atoms with van der Waals surface area (Å²) in [5.74, 6) is 2.93. The number of carboxylic acid groups (broad SMARTS) is 1. The first-order valence-corrected chi connectivity index (χ1v) is 6.63. The van der Waals surface area contributed by atoms with E-state index in [1.807, 2.05) is 11.8 Å². The van der Waals surface area contributed by atoms with Crippen LogP contribution in [-0.4, -0.2) is 40.1 Å². The van der Waals surface area contributed by atoms with Crippen LogP contribution in [0.4, 0.5) is 0 Å². The van der Waals surface area contributed by atoms with Crippen molar-refractivity contribution in [2.24, 2.45) is 5.73 Å². The Bertz CT molecular complexity index is 144. The van der Waals surface area contributed by atoms with Gasteiger partial charge < -0.3 is 10.8 Å². The summed E-state index contributed by atoms with van der Waals surface area (Å²) in [5.41, 5.74) is 5.33. The molecule has 0 aliphatic carbocycles. The van der Waals surface area contributed by atoms with Crippen LogP contribution in [0.1, 0.15) is 13.3 Å². The maximum absolute atomic E-state index is 10.3. The normalized spacial score (nSPS) is 12.8. The molecule has 13 heavy (non-hydrogen) atoms. The van der Waals surface area contributed by atoms with E-state index in [2.05, 4.69) is 6.92 Å². The molecular weight excluding hydrogens is 206 g/mol. The second-order valence-electron chi connectivity index (χ2n) is 2.57. The summed E-state index contributed by atoms with van der Waals surface area (Å²) >= 11 is 3.53. The van der Waals surface area contributed by atoms with Crippen LogP contribution in [0.2, 0.25) is 0 Å². The summed E-state index contributed by atoms with van der Waals surface area (Å²) in [6.07, 6.45) is 1.13. The quantitative estimate of drug-likeness (QED) is 0.607. The average molecular weight is 223 g/mol.